The molecular formula is C13H13BrClN3O2S. The van der Waals surface area contributed by atoms with E-state index in [0.717, 1.165) is 5.56 Å². The first-order valence-electron chi connectivity index (χ1n) is 5.96. The lowest BCUT2D eigenvalue weighted by molar-refractivity contribution is 0.601. The smallest absolute Gasteiger partial charge is 0.263 e. The van der Waals surface area contributed by atoms with Gasteiger partial charge in [-0.05, 0) is 46.6 Å². The van der Waals surface area contributed by atoms with E-state index in [2.05, 4.69) is 31.0 Å². The minimum Gasteiger partial charge on any atom is -0.372 e. The van der Waals surface area contributed by atoms with E-state index in [4.69, 9.17) is 11.6 Å². The zero-order chi connectivity index (χ0) is 15.6. The molecule has 112 valence electrons. The molecule has 1 aromatic carbocycles. The van der Waals surface area contributed by atoms with Crippen LogP contribution in [0.5, 0.6) is 0 Å². The van der Waals surface area contributed by atoms with Gasteiger partial charge < -0.3 is 5.32 Å². The molecule has 0 amide bonds. The van der Waals surface area contributed by atoms with Crippen LogP contribution in [0.25, 0.3) is 0 Å². The molecule has 1 heterocycles. The zero-order valence-corrected chi connectivity index (χ0v) is 14.5. The van der Waals surface area contributed by atoms with Gasteiger partial charge in [0.05, 0.1) is 10.7 Å². The van der Waals surface area contributed by atoms with Gasteiger partial charge >= 0.3 is 0 Å². The third-order valence-corrected chi connectivity index (χ3v) is 5.04. The van der Waals surface area contributed by atoms with Gasteiger partial charge in [0.25, 0.3) is 10.0 Å². The van der Waals surface area contributed by atoms with Crippen LogP contribution in [0, 0.1) is 6.92 Å². The number of pyridine rings is 1. The van der Waals surface area contributed by atoms with E-state index in [9.17, 15) is 8.42 Å². The number of aryl methyl sites for hydroxylation is 1. The number of hydrogen-bond donors (Lipinski definition) is 2. The van der Waals surface area contributed by atoms with Crippen molar-refractivity contribution in [2.45, 2.75) is 11.8 Å². The summed E-state index contributed by atoms with van der Waals surface area (Å²) in [7, 11) is -2.10. The van der Waals surface area contributed by atoms with Crippen molar-refractivity contribution in [1.29, 1.82) is 0 Å². The molecule has 0 aliphatic rings. The lowest BCUT2D eigenvalue weighted by Gasteiger charge is -2.11. The number of benzene rings is 1. The number of nitrogens with one attached hydrogen (secondary N) is 2. The van der Waals surface area contributed by atoms with Gasteiger partial charge in [-0.3, -0.25) is 4.72 Å². The number of nitrogens with zero attached hydrogens (tertiary/aromatic N) is 1. The highest BCUT2D eigenvalue weighted by Crippen LogP contribution is 2.27. The fraction of sp³-hybridized carbons (Fsp3) is 0.154. The van der Waals surface area contributed by atoms with Crippen molar-refractivity contribution in [2.24, 2.45) is 0 Å². The molecule has 8 heteroatoms. The van der Waals surface area contributed by atoms with Crippen LogP contribution in [0.15, 0.2) is 39.8 Å². The Hall–Kier alpha value is -1.31. The predicted molar refractivity (Wildman–Crippen MR) is 88.5 cm³/mol. The van der Waals surface area contributed by atoms with Gasteiger partial charge in [0.2, 0.25) is 0 Å². The van der Waals surface area contributed by atoms with Gasteiger partial charge in [-0.25, -0.2) is 13.4 Å². The molecular weight excluding hydrogens is 378 g/mol. The largest absolute Gasteiger partial charge is 0.372 e. The highest BCUT2D eigenvalue weighted by atomic mass is 79.9. The molecule has 0 spiro atoms. The second-order valence-electron chi connectivity index (χ2n) is 4.34. The average molecular weight is 391 g/mol. The Balaban J connectivity index is 2.38. The molecule has 0 saturated heterocycles. The third kappa shape index (κ3) is 3.66. The second kappa shape index (κ2) is 6.21. The minimum atomic E-state index is -3.75. The molecule has 1 aromatic heterocycles. The van der Waals surface area contributed by atoms with Gasteiger partial charge in [0, 0.05) is 17.7 Å². The van der Waals surface area contributed by atoms with Crippen LogP contribution in [0.1, 0.15) is 5.56 Å². The SMILES string of the molecule is CNc1ncc(S(=O)(=O)Nc2cc(C)ccc2Br)cc1Cl. The highest BCUT2D eigenvalue weighted by Gasteiger charge is 2.18. The van der Waals surface area contributed by atoms with Gasteiger partial charge in [0.1, 0.15) is 10.7 Å². The molecule has 0 atom stereocenters. The number of anilines is 2. The normalized spacial score (nSPS) is 11.2. The lowest BCUT2D eigenvalue weighted by Crippen LogP contribution is -2.14. The van der Waals surface area contributed by atoms with Crippen molar-refractivity contribution in [3.63, 3.8) is 0 Å². The second-order valence-corrected chi connectivity index (χ2v) is 7.28. The first-order chi connectivity index (χ1) is 9.83. The van der Waals surface area contributed by atoms with Crippen molar-refractivity contribution in [2.75, 3.05) is 17.1 Å². The molecule has 0 fully saturated rings. The molecule has 0 saturated carbocycles. The van der Waals surface area contributed by atoms with Gasteiger partial charge in [-0.15, -0.1) is 0 Å². The molecule has 0 aliphatic carbocycles. The molecule has 21 heavy (non-hydrogen) atoms. The number of halogens is 2. The van der Waals surface area contributed by atoms with E-state index >= 15 is 0 Å². The van der Waals surface area contributed by atoms with E-state index in [1.807, 2.05) is 13.0 Å². The average Bonchev–Trinajstić information content (AvgIpc) is 2.42. The van der Waals surface area contributed by atoms with Crippen LogP contribution in [-0.2, 0) is 10.0 Å². The fourth-order valence-corrected chi connectivity index (χ4v) is 3.52. The predicted octanol–water partition coefficient (Wildman–Crippen LogP) is 3.65. The lowest BCUT2D eigenvalue weighted by atomic mass is 10.2. The quantitative estimate of drug-likeness (QED) is 0.836. The Bertz CT molecular complexity index is 781. The minimum absolute atomic E-state index is 0.0000869. The maximum absolute atomic E-state index is 12.4. The molecule has 2 rings (SSSR count). The fourth-order valence-electron chi connectivity index (χ4n) is 1.67. The van der Waals surface area contributed by atoms with Crippen molar-refractivity contribution >= 4 is 49.1 Å². The Morgan fingerprint density at radius 1 is 1.29 bits per heavy atom. The Morgan fingerprint density at radius 2 is 2.00 bits per heavy atom. The maximum atomic E-state index is 12.4. The summed E-state index contributed by atoms with van der Waals surface area (Å²) >= 11 is 9.28. The van der Waals surface area contributed by atoms with E-state index in [1.54, 1.807) is 19.2 Å². The molecule has 5 nitrogen and oxygen atoms in total. The summed E-state index contributed by atoms with van der Waals surface area (Å²) in [6.45, 7) is 1.88. The molecule has 0 unspecified atom stereocenters. The van der Waals surface area contributed by atoms with Crippen LogP contribution in [-0.4, -0.2) is 20.4 Å². The van der Waals surface area contributed by atoms with E-state index in [-0.39, 0.29) is 9.92 Å². The van der Waals surface area contributed by atoms with Crippen molar-refractivity contribution in [3.05, 3.63) is 45.5 Å². The summed E-state index contributed by atoms with van der Waals surface area (Å²) in [5.41, 5.74) is 1.40. The molecule has 2 N–H and O–H groups in total. The van der Waals surface area contributed by atoms with Crippen LogP contribution < -0.4 is 10.0 Å². The standard InChI is InChI=1S/C13H13BrClN3O2S/c1-8-3-4-10(14)12(5-8)18-21(19,20)9-6-11(15)13(16-2)17-7-9/h3-7,18H,1-2H3,(H,16,17). The number of hydrogen-bond acceptors (Lipinski definition) is 4. The Morgan fingerprint density at radius 3 is 2.62 bits per heavy atom. The summed E-state index contributed by atoms with van der Waals surface area (Å²) in [4.78, 5) is 3.97. The van der Waals surface area contributed by atoms with Crippen molar-refractivity contribution in [1.82, 2.24) is 4.98 Å². The van der Waals surface area contributed by atoms with Crippen LogP contribution in [0.3, 0.4) is 0 Å². The highest BCUT2D eigenvalue weighted by molar-refractivity contribution is 9.10. The first kappa shape index (κ1) is 16.1. The molecule has 0 aliphatic heterocycles. The maximum Gasteiger partial charge on any atom is 0.263 e. The summed E-state index contributed by atoms with van der Waals surface area (Å²) in [5, 5.41) is 3.01. The van der Waals surface area contributed by atoms with Crippen LogP contribution in [0.2, 0.25) is 5.02 Å². The number of aromatic nitrogens is 1. The van der Waals surface area contributed by atoms with Gasteiger partial charge in [0.15, 0.2) is 0 Å². The van der Waals surface area contributed by atoms with E-state index in [1.165, 1.54) is 12.3 Å². The summed E-state index contributed by atoms with van der Waals surface area (Å²) in [6, 6.07) is 6.75. The summed E-state index contributed by atoms with van der Waals surface area (Å²) < 4.78 is 27.9. The van der Waals surface area contributed by atoms with Crippen molar-refractivity contribution in [3.8, 4) is 0 Å². The van der Waals surface area contributed by atoms with Crippen molar-refractivity contribution < 1.29 is 8.42 Å². The Kier molecular flexibility index (Phi) is 4.75. The van der Waals surface area contributed by atoms with Crippen LogP contribution in [0.4, 0.5) is 11.5 Å². The van der Waals surface area contributed by atoms with Gasteiger partial charge in [-0.2, -0.15) is 0 Å². The number of sulfonamides is 1. The Labute approximate surface area is 136 Å². The number of rotatable bonds is 4. The van der Waals surface area contributed by atoms with E-state index in [0.29, 0.717) is 16.0 Å². The molecule has 2 aromatic rings. The monoisotopic (exact) mass is 389 g/mol. The van der Waals surface area contributed by atoms with Gasteiger partial charge in [-0.1, -0.05) is 17.7 Å². The first-order valence-corrected chi connectivity index (χ1v) is 8.61. The third-order valence-electron chi connectivity index (χ3n) is 2.73. The topological polar surface area (TPSA) is 71.1 Å². The zero-order valence-electron chi connectivity index (χ0n) is 11.3. The van der Waals surface area contributed by atoms with Crippen LogP contribution >= 0.6 is 27.5 Å². The van der Waals surface area contributed by atoms with E-state index < -0.39 is 10.0 Å². The molecule has 0 radical (unpaired) electrons. The molecule has 0 bridgehead atoms. The summed E-state index contributed by atoms with van der Waals surface area (Å²) in [6.07, 6.45) is 1.25. The summed E-state index contributed by atoms with van der Waals surface area (Å²) in [5.74, 6) is 0.423.